The Bertz CT molecular complexity index is 981. The molecule has 0 spiro atoms. The van der Waals surface area contributed by atoms with Gasteiger partial charge in [0.25, 0.3) is 0 Å². The van der Waals surface area contributed by atoms with Crippen LogP contribution in [-0.2, 0) is 16.6 Å². The molecule has 2 heterocycles. The first kappa shape index (κ1) is 18.6. The van der Waals surface area contributed by atoms with Crippen molar-refractivity contribution in [3.63, 3.8) is 0 Å². The van der Waals surface area contributed by atoms with Crippen molar-refractivity contribution < 1.29 is 17.7 Å². The quantitative estimate of drug-likeness (QED) is 0.612. The average molecular weight is 393 g/mol. The van der Waals surface area contributed by atoms with E-state index in [0.29, 0.717) is 11.6 Å². The number of benzene rings is 1. The summed E-state index contributed by atoms with van der Waals surface area (Å²) in [6.45, 7) is 3.87. The van der Waals surface area contributed by atoms with Gasteiger partial charge in [0.15, 0.2) is 0 Å². The SMILES string of the molecule is CCN(Cc1nc(-c2cccs2)no1)S(=O)(=O)c1ccc(OC)c(C)c1. The minimum Gasteiger partial charge on any atom is -0.496 e. The molecule has 0 aliphatic heterocycles. The molecule has 3 rings (SSSR count). The molecule has 0 aliphatic rings. The molecule has 0 N–H and O–H groups in total. The van der Waals surface area contributed by atoms with Crippen LogP contribution in [0.2, 0.25) is 0 Å². The topological polar surface area (TPSA) is 85.5 Å². The van der Waals surface area contributed by atoms with Crippen molar-refractivity contribution in [2.45, 2.75) is 25.3 Å². The number of aryl methyl sites for hydroxylation is 1. The minimum atomic E-state index is -3.69. The zero-order chi connectivity index (χ0) is 18.7. The Morgan fingerprint density at radius 3 is 2.73 bits per heavy atom. The summed E-state index contributed by atoms with van der Waals surface area (Å²) in [5, 5.41) is 5.84. The molecule has 0 unspecified atom stereocenters. The first-order valence-electron chi connectivity index (χ1n) is 7.97. The van der Waals surface area contributed by atoms with Gasteiger partial charge in [-0.1, -0.05) is 18.1 Å². The maximum atomic E-state index is 13.0. The molecule has 0 amide bonds. The van der Waals surface area contributed by atoms with E-state index < -0.39 is 10.0 Å². The van der Waals surface area contributed by atoms with Crippen LogP contribution in [0.5, 0.6) is 5.75 Å². The number of nitrogens with zero attached hydrogens (tertiary/aromatic N) is 3. The number of thiophene rings is 1. The Morgan fingerprint density at radius 2 is 2.12 bits per heavy atom. The first-order valence-corrected chi connectivity index (χ1v) is 10.3. The van der Waals surface area contributed by atoms with Crippen LogP contribution in [0.4, 0.5) is 0 Å². The van der Waals surface area contributed by atoms with Crippen LogP contribution >= 0.6 is 11.3 Å². The molecule has 9 heteroatoms. The third-order valence-corrected chi connectivity index (χ3v) is 6.66. The Balaban J connectivity index is 1.85. The predicted octanol–water partition coefficient (Wildman–Crippen LogP) is 3.33. The van der Waals surface area contributed by atoms with E-state index in [1.165, 1.54) is 21.7 Å². The average Bonchev–Trinajstić information content (AvgIpc) is 3.30. The zero-order valence-electron chi connectivity index (χ0n) is 14.7. The standard InChI is InChI=1S/C17H19N3O4S2/c1-4-20(11-16-18-17(19-24-16)15-6-5-9-25-15)26(21,22)13-7-8-14(23-3)12(2)10-13/h5-10H,4,11H2,1-3H3. The summed E-state index contributed by atoms with van der Waals surface area (Å²) in [6.07, 6.45) is 0. The summed E-state index contributed by atoms with van der Waals surface area (Å²) in [7, 11) is -2.14. The number of sulfonamides is 1. The van der Waals surface area contributed by atoms with Gasteiger partial charge in [0.1, 0.15) is 5.75 Å². The van der Waals surface area contributed by atoms with Crippen LogP contribution < -0.4 is 4.74 Å². The van der Waals surface area contributed by atoms with Gasteiger partial charge in [-0.3, -0.25) is 0 Å². The fourth-order valence-corrected chi connectivity index (χ4v) is 4.64. The molecule has 0 saturated heterocycles. The summed E-state index contributed by atoms with van der Waals surface area (Å²) < 4.78 is 37.6. The molecule has 0 fully saturated rings. The zero-order valence-corrected chi connectivity index (χ0v) is 16.3. The molecular weight excluding hydrogens is 374 g/mol. The summed E-state index contributed by atoms with van der Waals surface area (Å²) in [6, 6.07) is 8.56. The Morgan fingerprint density at radius 1 is 1.31 bits per heavy atom. The van der Waals surface area contributed by atoms with Gasteiger partial charge < -0.3 is 9.26 Å². The van der Waals surface area contributed by atoms with Crippen molar-refractivity contribution in [3.8, 4) is 16.5 Å². The molecule has 3 aromatic rings. The normalized spacial score (nSPS) is 11.8. The summed E-state index contributed by atoms with van der Waals surface area (Å²) in [5.74, 6) is 1.36. The Kier molecular flexibility index (Phi) is 5.40. The summed E-state index contributed by atoms with van der Waals surface area (Å²) in [5.41, 5.74) is 0.752. The maximum absolute atomic E-state index is 13.0. The lowest BCUT2D eigenvalue weighted by molar-refractivity contribution is 0.321. The van der Waals surface area contributed by atoms with Crippen LogP contribution in [0.3, 0.4) is 0 Å². The highest BCUT2D eigenvalue weighted by Crippen LogP contribution is 2.25. The Labute approximate surface area is 156 Å². The van der Waals surface area contributed by atoms with Gasteiger partial charge in [-0.15, -0.1) is 11.3 Å². The van der Waals surface area contributed by atoms with Crippen LogP contribution in [0.15, 0.2) is 45.1 Å². The van der Waals surface area contributed by atoms with Crippen LogP contribution in [0.1, 0.15) is 18.4 Å². The van der Waals surface area contributed by atoms with Gasteiger partial charge in [-0.25, -0.2) is 8.42 Å². The molecule has 7 nitrogen and oxygen atoms in total. The van der Waals surface area contributed by atoms with E-state index in [0.717, 1.165) is 10.4 Å². The number of methoxy groups -OCH3 is 1. The van der Waals surface area contributed by atoms with Gasteiger partial charge in [0.2, 0.25) is 21.7 Å². The van der Waals surface area contributed by atoms with E-state index in [1.54, 1.807) is 33.1 Å². The molecule has 138 valence electrons. The van der Waals surface area contributed by atoms with Crippen molar-refractivity contribution >= 4 is 21.4 Å². The van der Waals surface area contributed by atoms with E-state index in [1.807, 2.05) is 17.5 Å². The van der Waals surface area contributed by atoms with Crippen molar-refractivity contribution in [2.24, 2.45) is 0 Å². The van der Waals surface area contributed by atoms with Crippen molar-refractivity contribution in [2.75, 3.05) is 13.7 Å². The monoisotopic (exact) mass is 393 g/mol. The molecule has 0 bridgehead atoms. The fourth-order valence-electron chi connectivity index (χ4n) is 2.50. The minimum absolute atomic E-state index is 0.0162. The van der Waals surface area contributed by atoms with Crippen molar-refractivity contribution in [1.29, 1.82) is 0 Å². The summed E-state index contributed by atoms with van der Waals surface area (Å²) in [4.78, 5) is 5.38. The number of hydrogen-bond donors (Lipinski definition) is 0. The number of rotatable bonds is 7. The molecular formula is C17H19N3O4S2. The number of hydrogen-bond acceptors (Lipinski definition) is 7. The van der Waals surface area contributed by atoms with Gasteiger partial charge in [0, 0.05) is 6.54 Å². The molecule has 0 radical (unpaired) electrons. The van der Waals surface area contributed by atoms with E-state index in [-0.39, 0.29) is 23.9 Å². The highest BCUT2D eigenvalue weighted by atomic mass is 32.2. The van der Waals surface area contributed by atoms with E-state index >= 15 is 0 Å². The molecule has 0 atom stereocenters. The second-order valence-electron chi connectivity index (χ2n) is 5.55. The van der Waals surface area contributed by atoms with Crippen molar-refractivity contribution in [3.05, 3.63) is 47.2 Å². The highest BCUT2D eigenvalue weighted by molar-refractivity contribution is 7.89. The molecule has 1 aromatic carbocycles. The largest absolute Gasteiger partial charge is 0.496 e. The number of aromatic nitrogens is 2. The lowest BCUT2D eigenvalue weighted by Crippen LogP contribution is -2.30. The smallest absolute Gasteiger partial charge is 0.243 e. The third kappa shape index (κ3) is 3.64. The van der Waals surface area contributed by atoms with Gasteiger partial charge in [-0.2, -0.15) is 9.29 Å². The fraction of sp³-hybridized carbons (Fsp3) is 0.294. The summed E-state index contributed by atoms with van der Waals surface area (Å²) >= 11 is 1.49. The first-order chi connectivity index (χ1) is 12.5. The van der Waals surface area contributed by atoms with Gasteiger partial charge >= 0.3 is 0 Å². The Hall–Kier alpha value is -2.23. The van der Waals surface area contributed by atoms with Crippen LogP contribution in [-0.4, -0.2) is 36.5 Å². The van der Waals surface area contributed by atoms with Gasteiger partial charge in [0.05, 0.1) is 23.4 Å². The van der Waals surface area contributed by atoms with Crippen LogP contribution in [0, 0.1) is 6.92 Å². The van der Waals surface area contributed by atoms with E-state index in [9.17, 15) is 8.42 Å². The van der Waals surface area contributed by atoms with Crippen molar-refractivity contribution in [1.82, 2.24) is 14.4 Å². The second-order valence-corrected chi connectivity index (χ2v) is 8.44. The molecule has 0 saturated carbocycles. The van der Waals surface area contributed by atoms with E-state index in [2.05, 4.69) is 10.1 Å². The predicted molar refractivity (Wildman–Crippen MR) is 98.6 cm³/mol. The lowest BCUT2D eigenvalue weighted by Gasteiger charge is -2.19. The van der Waals surface area contributed by atoms with Gasteiger partial charge in [-0.05, 0) is 42.1 Å². The second kappa shape index (κ2) is 7.56. The lowest BCUT2D eigenvalue weighted by atomic mass is 10.2. The third-order valence-electron chi connectivity index (χ3n) is 3.88. The highest BCUT2D eigenvalue weighted by Gasteiger charge is 2.26. The van der Waals surface area contributed by atoms with E-state index in [4.69, 9.17) is 9.26 Å². The molecule has 2 aromatic heterocycles. The molecule has 0 aliphatic carbocycles. The molecule has 26 heavy (non-hydrogen) atoms. The number of ether oxygens (including phenoxy) is 1. The maximum Gasteiger partial charge on any atom is 0.243 e. The van der Waals surface area contributed by atoms with Crippen LogP contribution in [0.25, 0.3) is 10.7 Å².